The lowest BCUT2D eigenvalue weighted by molar-refractivity contribution is -0.117. The molecule has 0 heterocycles. The van der Waals surface area contributed by atoms with E-state index in [-0.39, 0.29) is 7.33 Å². The van der Waals surface area contributed by atoms with Crippen LogP contribution in [0.4, 0.5) is 0 Å². The van der Waals surface area contributed by atoms with Crippen molar-refractivity contribution in [1.82, 2.24) is 5.32 Å². The van der Waals surface area contributed by atoms with Crippen molar-refractivity contribution in [3.63, 3.8) is 0 Å². The van der Waals surface area contributed by atoms with E-state index < -0.39 is 9.28 Å². The minimum Gasteiger partial charge on any atom is -0.400 e. The average molecular weight is 232 g/mol. The molecule has 0 aromatic rings. The van der Waals surface area contributed by atoms with E-state index >= 15 is 0 Å². The van der Waals surface area contributed by atoms with Gasteiger partial charge in [0.05, 0.1) is 0 Å². The molecule has 0 bridgehead atoms. The molecule has 15 heavy (non-hydrogen) atoms. The first-order valence-corrected chi connectivity index (χ1v) is 6.76. The van der Waals surface area contributed by atoms with Gasteiger partial charge >= 0.3 is 10.7 Å². The zero-order chi connectivity index (χ0) is 11.8. The second kappa shape index (κ2) is 7.61. The van der Waals surface area contributed by atoms with Gasteiger partial charge in [-0.15, -0.1) is 0 Å². The molecule has 0 fully saturated rings. The first-order valence-electron chi connectivity index (χ1n) is 5.00. The van der Waals surface area contributed by atoms with E-state index in [0.29, 0.717) is 18.0 Å². The van der Waals surface area contributed by atoms with Gasteiger partial charge in [-0.1, -0.05) is 13.5 Å². The van der Waals surface area contributed by atoms with E-state index in [0.717, 1.165) is 6.04 Å². The summed E-state index contributed by atoms with van der Waals surface area (Å²) in [5, 5.41) is 2.81. The van der Waals surface area contributed by atoms with Gasteiger partial charge < -0.3 is 14.2 Å². The molecule has 0 aromatic heterocycles. The summed E-state index contributed by atoms with van der Waals surface area (Å²) in [6, 6.07) is 0.892. The van der Waals surface area contributed by atoms with Crippen LogP contribution < -0.4 is 5.32 Å². The summed E-state index contributed by atoms with van der Waals surface area (Å²) in [4.78, 5) is 11.2. The molecule has 0 aromatic carbocycles. The fourth-order valence-corrected chi connectivity index (χ4v) is 2.52. The summed E-state index contributed by atoms with van der Waals surface area (Å²) in [6.45, 7) is 7.98. The summed E-state index contributed by atoms with van der Waals surface area (Å²) in [5.74, 6) is 0.278. The summed E-state index contributed by atoms with van der Waals surface area (Å²) in [6.07, 6.45) is 0. The van der Waals surface area contributed by atoms with Crippen LogP contribution >= 0.6 is 0 Å². The van der Waals surface area contributed by atoms with Crippen molar-refractivity contribution >= 4 is 15.2 Å². The monoisotopic (exact) mass is 232 g/mol. The zero-order valence-corrected chi connectivity index (χ0v) is 11.2. The molecule has 0 saturated heterocycles. The molecule has 0 saturated carbocycles. The lowest BCUT2D eigenvalue weighted by Crippen LogP contribution is -2.31. The average Bonchev–Trinajstić information content (AvgIpc) is 2.22. The van der Waals surface area contributed by atoms with Crippen LogP contribution in [-0.2, 0) is 13.6 Å². The van der Waals surface area contributed by atoms with Gasteiger partial charge in [0.2, 0.25) is 5.91 Å². The van der Waals surface area contributed by atoms with Gasteiger partial charge in [-0.25, -0.2) is 0 Å². The van der Waals surface area contributed by atoms with Crippen LogP contribution in [-0.4, -0.2) is 36.0 Å². The first kappa shape index (κ1) is 14.3. The van der Waals surface area contributed by atoms with Gasteiger partial charge in [0.25, 0.3) is 0 Å². The minimum absolute atomic E-state index is 0. The third kappa shape index (κ3) is 6.43. The second-order valence-corrected chi connectivity index (χ2v) is 6.01. The maximum Gasteiger partial charge on any atom is 1.00 e. The van der Waals surface area contributed by atoms with Crippen LogP contribution in [0.5, 0.6) is 0 Å². The molecule has 0 aliphatic carbocycles. The Morgan fingerprint density at radius 2 is 2.07 bits per heavy atom. The number of carbonyl (C=O) groups is 1. The third-order valence-electron chi connectivity index (χ3n) is 2.12. The van der Waals surface area contributed by atoms with Gasteiger partial charge in [-0.3, -0.25) is 4.79 Å². The van der Waals surface area contributed by atoms with Crippen LogP contribution in [0.1, 0.15) is 15.3 Å². The van der Waals surface area contributed by atoms with Crippen molar-refractivity contribution in [1.29, 1.82) is 0 Å². The molecule has 1 unspecified atom stereocenters. The number of nitrogens with one attached hydrogen (secondary N) is 1. The lowest BCUT2D eigenvalue weighted by atomic mass is 10.2. The predicted octanol–water partition coefficient (Wildman–Crippen LogP) is 0.941. The molecule has 0 spiro atoms. The quantitative estimate of drug-likeness (QED) is 0.525. The Morgan fingerprint density at radius 1 is 1.53 bits per heavy atom. The van der Waals surface area contributed by atoms with Crippen molar-refractivity contribution in [2.24, 2.45) is 5.92 Å². The number of carbonyl (C=O) groups excluding carboxylic acids is 1. The van der Waals surface area contributed by atoms with E-state index in [4.69, 9.17) is 8.85 Å². The van der Waals surface area contributed by atoms with E-state index in [1.165, 1.54) is 0 Å². The normalized spacial score (nSPS) is 12.6. The molecule has 88 valence electrons. The highest BCUT2D eigenvalue weighted by molar-refractivity contribution is 6.44. The number of rotatable bonds is 7. The standard InChI is InChI=1S/C10H21NO3Si/c1-8(2)10(12)11-6-9(3)7-15(13-4)14-5/h9,15H,1,6-7H2,2-5H3,(H,11,12)/p+1. The molecule has 1 N–H and O–H groups in total. The van der Waals surface area contributed by atoms with Crippen molar-refractivity contribution in [3.05, 3.63) is 12.2 Å². The van der Waals surface area contributed by atoms with E-state index in [9.17, 15) is 4.79 Å². The second-order valence-electron chi connectivity index (χ2n) is 3.73. The number of amides is 1. The van der Waals surface area contributed by atoms with Gasteiger partial charge in [0.15, 0.2) is 0 Å². The molecule has 1 atom stereocenters. The van der Waals surface area contributed by atoms with Crippen LogP contribution in [0.3, 0.4) is 0 Å². The van der Waals surface area contributed by atoms with Crippen molar-refractivity contribution in [3.8, 4) is 0 Å². The Balaban J connectivity index is 0. The van der Waals surface area contributed by atoms with Crippen LogP contribution in [0.15, 0.2) is 12.2 Å². The summed E-state index contributed by atoms with van der Waals surface area (Å²) in [5.41, 5.74) is 0.537. The summed E-state index contributed by atoms with van der Waals surface area (Å²) >= 11 is 0. The molecule has 4 nitrogen and oxygen atoms in total. The Bertz CT molecular complexity index is 222. The topological polar surface area (TPSA) is 47.6 Å². The van der Waals surface area contributed by atoms with Gasteiger partial charge in [-0.05, 0) is 18.9 Å². The maximum absolute atomic E-state index is 11.2. The SMILES string of the molecule is C=C(C)C(=O)NCC(C)C[SiH](OC)OC.[H+]. The molecule has 0 rings (SSSR count). The first-order chi connectivity index (χ1) is 7.01. The molecular weight excluding hydrogens is 210 g/mol. The number of hydrogen-bond acceptors (Lipinski definition) is 3. The van der Waals surface area contributed by atoms with E-state index in [1.54, 1.807) is 21.1 Å². The minimum atomic E-state index is -1.51. The van der Waals surface area contributed by atoms with Crippen LogP contribution in [0, 0.1) is 5.92 Å². The highest BCUT2D eigenvalue weighted by Gasteiger charge is 2.15. The molecule has 0 aliphatic heterocycles. The molecule has 0 radical (unpaired) electrons. The van der Waals surface area contributed by atoms with Crippen molar-refractivity contribution < 1.29 is 15.1 Å². The fourth-order valence-electron chi connectivity index (χ4n) is 1.12. The molecule has 1 amide bonds. The fraction of sp³-hybridized carbons (Fsp3) is 0.700. The smallest absolute Gasteiger partial charge is 0.400 e. The van der Waals surface area contributed by atoms with E-state index in [2.05, 4.69) is 18.8 Å². The Kier molecular flexibility index (Phi) is 7.28. The predicted molar refractivity (Wildman–Crippen MR) is 64.1 cm³/mol. The highest BCUT2D eigenvalue weighted by Crippen LogP contribution is 2.06. The van der Waals surface area contributed by atoms with Gasteiger partial charge in [0, 0.05) is 26.3 Å². The largest absolute Gasteiger partial charge is 1.00 e. The number of hydrogen-bond donors (Lipinski definition) is 1. The van der Waals surface area contributed by atoms with Crippen LogP contribution in [0.25, 0.3) is 0 Å². The lowest BCUT2D eigenvalue weighted by Gasteiger charge is -2.16. The Morgan fingerprint density at radius 3 is 2.47 bits per heavy atom. The maximum atomic E-state index is 11.2. The van der Waals surface area contributed by atoms with Gasteiger partial charge in [0.1, 0.15) is 0 Å². The van der Waals surface area contributed by atoms with Crippen molar-refractivity contribution in [2.45, 2.75) is 19.9 Å². The van der Waals surface area contributed by atoms with Crippen LogP contribution in [0.2, 0.25) is 6.04 Å². The van der Waals surface area contributed by atoms with Crippen molar-refractivity contribution in [2.75, 3.05) is 20.8 Å². The Labute approximate surface area is 95.0 Å². The van der Waals surface area contributed by atoms with E-state index in [1.807, 2.05) is 0 Å². The highest BCUT2D eigenvalue weighted by atomic mass is 28.3. The van der Waals surface area contributed by atoms with Gasteiger partial charge in [-0.2, -0.15) is 0 Å². The zero-order valence-electron chi connectivity index (χ0n) is 11.0. The molecule has 5 heteroatoms. The summed E-state index contributed by atoms with van der Waals surface area (Å²) < 4.78 is 10.4. The molecular formula is C10H22NO3Si+. The third-order valence-corrected chi connectivity index (χ3v) is 4.36. The Hall–Kier alpha value is -0.653. The molecule has 0 aliphatic rings. The summed E-state index contributed by atoms with van der Waals surface area (Å²) in [7, 11) is 1.82.